The molecule has 2 atom stereocenters. The van der Waals surface area contributed by atoms with E-state index in [1.54, 1.807) is 0 Å². The summed E-state index contributed by atoms with van der Waals surface area (Å²) in [5.41, 5.74) is 0.582. The molecule has 0 radical (unpaired) electrons. The first-order valence-corrected chi connectivity index (χ1v) is 8.15. The van der Waals surface area contributed by atoms with Crippen LogP contribution in [0, 0.1) is 5.41 Å². The summed E-state index contributed by atoms with van der Waals surface area (Å²) in [5.74, 6) is 0. The van der Waals surface area contributed by atoms with E-state index in [1.165, 1.54) is 12.8 Å². The Morgan fingerprint density at radius 2 is 1.85 bits per heavy atom. The quantitative estimate of drug-likeness (QED) is 0.842. The summed E-state index contributed by atoms with van der Waals surface area (Å²) in [6.07, 6.45) is 2.80. The molecule has 118 valence electrons. The standard InChI is InChI=1S/C17H34N2O/c1-15(2,3)14-10-18-16(4,5)12-19(14)11-13-8-9-17(6,7)20-13/h13-14,18H,8-12H2,1-7H3. The largest absolute Gasteiger partial charge is 0.371 e. The topological polar surface area (TPSA) is 24.5 Å². The third-order valence-corrected chi connectivity index (χ3v) is 4.81. The van der Waals surface area contributed by atoms with Crippen LogP contribution < -0.4 is 5.32 Å². The molecule has 0 saturated carbocycles. The van der Waals surface area contributed by atoms with Gasteiger partial charge in [-0.05, 0) is 46.0 Å². The second-order valence-electron chi connectivity index (χ2n) is 9.11. The molecule has 0 aliphatic carbocycles. The van der Waals surface area contributed by atoms with E-state index in [-0.39, 0.29) is 11.1 Å². The number of nitrogens with one attached hydrogen (secondary N) is 1. The van der Waals surface area contributed by atoms with Gasteiger partial charge in [-0.3, -0.25) is 4.90 Å². The van der Waals surface area contributed by atoms with E-state index in [0.29, 0.717) is 17.6 Å². The van der Waals surface area contributed by atoms with Gasteiger partial charge >= 0.3 is 0 Å². The van der Waals surface area contributed by atoms with Crippen LogP contribution in [0.2, 0.25) is 0 Å². The highest BCUT2D eigenvalue weighted by Crippen LogP contribution is 2.33. The number of nitrogens with zero attached hydrogens (tertiary/aromatic N) is 1. The van der Waals surface area contributed by atoms with Crippen LogP contribution >= 0.6 is 0 Å². The van der Waals surface area contributed by atoms with Crippen LogP contribution in [-0.4, -0.2) is 47.8 Å². The Hall–Kier alpha value is -0.120. The van der Waals surface area contributed by atoms with Crippen molar-refractivity contribution in [3.05, 3.63) is 0 Å². The van der Waals surface area contributed by atoms with Crippen LogP contribution in [0.15, 0.2) is 0 Å². The van der Waals surface area contributed by atoms with E-state index in [1.807, 2.05) is 0 Å². The molecule has 1 N–H and O–H groups in total. The van der Waals surface area contributed by atoms with Crippen molar-refractivity contribution in [1.29, 1.82) is 0 Å². The van der Waals surface area contributed by atoms with Gasteiger partial charge in [0, 0.05) is 31.2 Å². The Kier molecular flexibility index (Phi) is 4.27. The van der Waals surface area contributed by atoms with E-state index in [0.717, 1.165) is 19.6 Å². The summed E-state index contributed by atoms with van der Waals surface area (Å²) in [4.78, 5) is 2.67. The Balaban J connectivity index is 2.04. The van der Waals surface area contributed by atoms with Gasteiger partial charge in [-0.1, -0.05) is 20.8 Å². The molecule has 3 nitrogen and oxygen atoms in total. The number of hydrogen-bond donors (Lipinski definition) is 1. The predicted molar refractivity (Wildman–Crippen MR) is 85.1 cm³/mol. The maximum absolute atomic E-state index is 6.22. The minimum absolute atomic E-state index is 0.0749. The Morgan fingerprint density at radius 1 is 1.20 bits per heavy atom. The summed E-state index contributed by atoms with van der Waals surface area (Å²) in [7, 11) is 0. The van der Waals surface area contributed by atoms with Gasteiger partial charge in [-0.2, -0.15) is 0 Å². The first kappa shape index (κ1) is 16.3. The van der Waals surface area contributed by atoms with Crippen molar-refractivity contribution >= 4 is 0 Å². The summed E-state index contributed by atoms with van der Waals surface area (Å²) in [6, 6.07) is 0.586. The van der Waals surface area contributed by atoms with Gasteiger partial charge in [-0.25, -0.2) is 0 Å². The third kappa shape index (κ3) is 3.96. The molecule has 20 heavy (non-hydrogen) atoms. The maximum atomic E-state index is 6.22. The van der Waals surface area contributed by atoms with Crippen LogP contribution in [0.4, 0.5) is 0 Å². The Bertz CT molecular complexity index is 343. The van der Waals surface area contributed by atoms with Crippen LogP contribution in [0.3, 0.4) is 0 Å². The van der Waals surface area contributed by atoms with E-state index in [9.17, 15) is 0 Å². The van der Waals surface area contributed by atoms with E-state index in [2.05, 4.69) is 58.7 Å². The van der Waals surface area contributed by atoms with E-state index < -0.39 is 0 Å². The molecule has 2 aliphatic rings. The molecule has 0 bridgehead atoms. The highest BCUT2D eigenvalue weighted by Gasteiger charge is 2.41. The highest BCUT2D eigenvalue weighted by atomic mass is 16.5. The maximum Gasteiger partial charge on any atom is 0.0710 e. The molecule has 2 rings (SSSR count). The monoisotopic (exact) mass is 282 g/mol. The van der Waals surface area contributed by atoms with Crippen LogP contribution in [0.5, 0.6) is 0 Å². The smallest absolute Gasteiger partial charge is 0.0710 e. The van der Waals surface area contributed by atoms with Crippen LogP contribution in [0.25, 0.3) is 0 Å². The first-order valence-electron chi connectivity index (χ1n) is 8.15. The van der Waals surface area contributed by atoms with Crippen molar-refractivity contribution in [1.82, 2.24) is 10.2 Å². The average molecular weight is 282 g/mol. The number of piperazine rings is 1. The summed E-state index contributed by atoms with van der Waals surface area (Å²) in [5, 5.41) is 3.70. The van der Waals surface area contributed by atoms with Gasteiger partial charge in [-0.15, -0.1) is 0 Å². The van der Waals surface area contributed by atoms with Crippen LogP contribution in [-0.2, 0) is 4.74 Å². The lowest BCUT2D eigenvalue weighted by Crippen LogP contribution is -2.65. The van der Waals surface area contributed by atoms with E-state index in [4.69, 9.17) is 4.74 Å². The minimum atomic E-state index is 0.0749. The second-order valence-corrected chi connectivity index (χ2v) is 9.11. The predicted octanol–water partition coefficient (Wildman–Crippen LogP) is 3.04. The molecule has 0 spiro atoms. The molecule has 2 heterocycles. The SMILES string of the molecule is CC1(C)CN(CC2CCC(C)(C)O2)C(C(C)(C)C)CN1. The molecule has 0 aromatic carbocycles. The van der Waals surface area contributed by atoms with Crippen molar-refractivity contribution in [3.63, 3.8) is 0 Å². The molecule has 0 aromatic rings. The molecule has 0 amide bonds. The van der Waals surface area contributed by atoms with Gasteiger partial charge in [0.25, 0.3) is 0 Å². The number of hydrogen-bond acceptors (Lipinski definition) is 3. The van der Waals surface area contributed by atoms with Gasteiger partial charge in [0.1, 0.15) is 0 Å². The Labute approximate surface area is 125 Å². The first-order chi connectivity index (χ1) is 8.99. The third-order valence-electron chi connectivity index (χ3n) is 4.81. The zero-order chi connectivity index (χ0) is 15.2. The molecule has 3 heteroatoms. The normalized spacial score (nSPS) is 34.4. The zero-order valence-electron chi connectivity index (χ0n) is 14.5. The summed E-state index contributed by atoms with van der Waals surface area (Å²) in [6.45, 7) is 19.4. The fourth-order valence-electron chi connectivity index (χ4n) is 3.69. The van der Waals surface area contributed by atoms with Gasteiger partial charge < -0.3 is 10.1 Å². The lowest BCUT2D eigenvalue weighted by molar-refractivity contribution is -0.0535. The van der Waals surface area contributed by atoms with Crippen molar-refractivity contribution in [2.45, 2.75) is 84.6 Å². The lowest BCUT2D eigenvalue weighted by Gasteiger charge is -2.50. The van der Waals surface area contributed by atoms with Gasteiger partial charge in [0.2, 0.25) is 0 Å². The highest BCUT2D eigenvalue weighted by molar-refractivity contribution is 4.98. The van der Waals surface area contributed by atoms with Crippen molar-refractivity contribution < 1.29 is 4.74 Å². The molecule has 2 aliphatic heterocycles. The Morgan fingerprint density at radius 3 is 2.35 bits per heavy atom. The second kappa shape index (κ2) is 5.26. The summed E-state index contributed by atoms with van der Waals surface area (Å²) < 4.78 is 6.22. The number of ether oxygens (including phenoxy) is 1. The molecule has 0 aromatic heterocycles. The van der Waals surface area contributed by atoms with Gasteiger partial charge in [0.15, 0.2) is 0 Å². The fourth-order valence-corrected chi connectivity index (χ4v) is 3.69. The number of rotatable bonds is 2. The fraction of sp³-hybridized carbons (Fsp3) is 1.00. The lowest BCUT2D eigenvalue weighted by atomic mass is 9.82. The van der Waals surface area contributed by atoms with Crippen molar-refractivity contribution in [3.8, 4) is 0 Å². The molecular formula is C17H34N2O. The van der Waals surface area contributed by atoms with E-state index >= 15 is 0 Å². The van der Waals surface area contributed by atoms with Crippen molar-refractivity contribution in [2.75, 3.05) is 19.6 Å². The van der Waals surface area contributed by atoms with Crippen molar-refractivity contribution in [2.24, 2.45) is 5.41 Å². The molecular weight excluding hydrogens is 248 g/mol. The molecule has 2 saturated heterocycles. The molecule has 2 fully saturated rings. The van der Waals surface area contributed by atoms with Gasteiger partial charge in [0.05, 0.1) is 11.7 Å². The summed E-state index contributed by atoms with van der Waals surface area (Å²) >= 11 is 0. The average Bonchev–Trinajstić information content (AvgIpc) is 2.54. The van der Waals surface area contributed by atoms with Crippen LogP contribution in [0.1, 0.15) is 61.3 Å². The molecule has 2 unspecified atom stereocenters. The minimum Gasteiger partial charge on any atom is -0.371 e. The zero-order valence-corrected chi connectivity index (χ0v) is 14.5.